The van der Waals surface area contributed by atoms with Crippen LogP contribution in [0.5, 0.6) is 0 Å². The molecule has 2 rings (SSSR count). The molecule has 0 aliphatic carbocycles. The largest absolute Gasteiger partial charge is 0.306 e. The van der Waals surface area contributed by atoms with Crippen molar-refractivity contribution in [1.29, 1.82) is 0 Å². The summed E-state index contributed by atoms with van der Waals surface area (Å²) in [6, 6.07) is 10.2. The van der Waals surface area contributed by atoms with Gasteiger partial charge in [0.2, 0.25) is 0 Å². The Morgan fingerprint density at radius 2 is 1.84 bits per heavy atom. The number of benzene rings is 1. The summed E-state index contributed by atoms with van der Waals surface area (Å²) >= 11 is 2.09. The predicted molar refractivity (Wildman–Crippen MR) is 87.0 cm³/mol. The van der Waals surface area contributed by atoms with Gasteiger partial charge in [-0.2, -0.15) is 11.8 Å². The van der Waals surface area contributed by atoms with Crippen molar-refractivity contribution in [2.24, 2.45) is 0 Å². The number of hydrogen-bond acceptors (Lipinski definition) is 2. The van der Waals surface area contributed by atoms with E-state index in [1.54, 1.807) is 0 Å². The second-order valence-electron chi connectivity index (χ2n) is 6.73. The normalized spacial score (nSPS) is 25.5. The number of rotatable bonds is 3. The minimum absolute atomic E-state index is 0.242. The van der Waals surface area contributed by atoms with Gasteiger partial charge in [-0.3, -0.25) is 0 Å². The highest BCUT2D eigenvalue weighted by molar-refractivity contribution is 8.00. The topological polar surface area (TPSA) is 12.0 Å². The number of nitrogens with one attached hydrogen (secondary N) is 1. The predicted octanol–water partition coefficient (Wildman–Crippen LogP) is 4.53. The summed E-state index contributed by atoms with van der Waals surface area (Å²) in [6.07, 6.45) is 1.30. The summed E-state index contributed by atoms with van der Waals surface area (Å²) in [5.41, 5.74) is 3.05. The maximum absolute atomic E-state index is 3.78. The van der Waals surface area contributed by atoms with Crippen molar-refractivity contribution in [2.75, 3.05) is 5.75 Å². The van der Waals surface area contributed by atoms with Crippen molar-refractivity contribution in [3.63, 3.8) is 0 Å². The van der Waals surface area contributed by atoms with Crippen molar-refractivity contribution in [3.8, 4) is 0 Å². The Hall–Kier alpha value is -0.470. The molecule has 3 atom stereocenters. The smallest absolute Gasteiger partial charge is 0.0294 e. The van der Waals surface area contributed by atoms with Gasteiger partial charge >= 0.3 is 0 Å². The van der Waals surface area contributed by atoms with Crippen molar-refractivity contribution >= 4 is 11.8 Å². The lowest BCUT2D eigenvalue weighted by atomic mass is 9.86. The van der Waals surface area contributed by atoms with Gasteiger partial charge in [0.05, 0.1) is 0 Å². The zero-order valence-electron chi connectivity index (χ0n) is 12.9. The first-order chi connectivity index (χ1) is 8.88. The van der Waals surface area contributed by atoms with Crippen LogP contribution in [-0.2, 0) is 5.41 Å². The fraction of sp³-hybridized carbons (Fsp3) is 0.647. The zero-order valence-corrected chi connectivity index (χ0v) is 13.7. The summed E-state index contributed by atoms with van der Waals surface area (Å²) < 4.78 is 0. The van der Waals surface area contributed by atoms with Crippen LogP contribution in [0.4, 0.5) is 0 Å². The van der Waals surface area contributed by atoms with Gasteiger partial charge in [-0.25, -0.2) is 0 Å². The summed E-state index contributed by atoms with van der Waals surface area (Å²) in [4.78, 5) is 0. The minimum atomic E-state index is 0.242. The second-order valence-corrected chi connectivity index (χ2v) is 8.22. The lowest BCUT2D eigenvalue weighted by molar-refractivity contribution is 0.453. The fourth-order valence-corrected chi connectivity index (χ4v) is 3.85. The van der Waals surface area contributed by atoms with E-state index in [0.717, 1.165) is 5.25 Å². The molecule has 0 radical (unpaired) electrons. The van der Waals surface area contributed by atoms with Crippen molar-refractivity contribution < 1.29 is 0 Å². The van der Waals surface area contributed by atoms with Crippen LogP contribution in [0.2, 0.25) is 0 Å². The van der Waals surface area contributed by atoms with E-state index in [2.05, 4.69) is 76.0 Å². The third kappa shape index (κ3) is 3.76. The van der Waals surface area contributed by atoms with Gasteiger partial charge < -0.3 is 5.32 Å². The Labute approximate surface area is 122 Å². The Kier molecular flexibility index (Phi) is 4.62. The Morgan fingerprint density at radius 1 is 1.21 bits per heavy atom. The second kappa shape index (κ2) is 5.88. The molecule has 19 heavy (non-hydrogen) atoms. The molecule has 1 saturated heterocycles. The summed E-state index contributed by atoms with van der Waals surface area (Å²) in [5.74, 6) is 1.30. The Morgan fingerprint density at radius 3 is 2.32 bits per heavy atom. The van der Waals surface area contributed by atoms with Gasteiger partial charge in [0.1, 0.15) is 0 Å². The Balaban J connectivity index is 2.01. The Bertz CT molecular complexity index is 404. The van der Waals surface area contributed by atoms with Crippen molar-refractivity contribution in [1.82, 2.24) is 5.32 Å². The van der Waals surface area contributed by atoms with E-state index < -0.39 is 0 Å². The highest BCUT2D eigenvalue weighted by Crippen LogP contribution is 2.29. The molecule has 1 heterocycles. The SMILES string of the molecule is CC(NC1CCSC1C)c1ccc(C(C)(C)C)cc1. The maximum atomic E-state index is 3.78. The van der Waals surface area contributed by atoms with Crippen LogP contribution in [0.25, 0.3) is 0 Å². The number of thioether (sulfide) groups is 1. The lowest BCUT2D eigenvalue weighted by Crippen LogP contribution is -2.35. The van der Waals surface area contributed by atoms with Crippen LogP contribution in [0.1, 0.15) is 58.2 Å². The van der Waals surface area contributed by atoms with Gasteiger partial charge in [-0.15, -0.1) is 0 Å². The highest BCUT2D eigenvalue weighted by atomic mass is 32.2. The molecule has 106 valence electrons. The van der Waals surface area contributed by atoms with Crippen LogP contribution in [-0.4, -0.2) is 17.0 Å². The number of hydrogen-bond donors (Lipinski definition) is 1. The molecule has 0 saturated carbocycles. The van der Waals surface area contributed by atoms with E-state index in [9.17, 15) is 0 Å². The third-order valence-corrected chi connectivity index (χ3v) is 5.44. The maximum Gasteiger partial charge on any atom is 0.0294 e. The average molecular weight is 277 g/mol. The van der Waals surface area contributed by atoms with Gasteiger partial charge in [0.15, 0.2) is 0 Å². The molecule has 0 amide bonds. The summed E-state index contributed by atoms with van der Waals surface area (Å²) in [7, 11) is 0. The van der Waals surface area contributed by atoms with Crippen molar-refractivity contribution in [3.05, 3.63) is 35.4 Å². The van der Waals surface area contributed by atoms with Crippen LogP contribution in [0.15, 0.2) is 24.3 Å². The molecule has 1 fully saturated rings. The van der Waals surface area contributed by atoms with E-state index in [1.165, 1.54) is 23.3 Å². The summed E-state index contributed by atoms with van der Waals surface area (Å²) in [6.45, 7) is 11.4. The first kappa shape index (κ1) is 14.9. The third-order valence-electron chi connectivity index (χ3n) is 4.12. The molecule has 1 aromatic carbocycles. The molecular formula is C17H27NS. The molecule has 3 unspecified atom stereocenters. The van der Waals surface area contributed by atoms with Gasteiger partial charge in [-0.1, -0.05) is 52.0 Å². The molecule has 0 bridgehead atoms. The highest BCUT2D eigenvalue weighted by Gasteiger charge is 2.25. The molecule has 1 aliphatic rings. The van der Waals surface area contributed by atoms with Crippen LogP contribution in [0, 0.1) is 0 Å². The molecule has 2 heteroatoms. The molecule has 1 aliphatic heterocycles. The van der Waals surface area contributed by atoms with E-state index in [1.807, 2.05) is 0 Å². The van der Waals surface area contributed by atoms with E-state index in [4.69, 9.17) is 0 Å². The fourth-order valence-electron chi connectivity index (χ4n) is 2.64. The van der Waals surface area contributed by atoms with E-state index >= 15 is 0 Å². The monoisotopic (exact) mass is 277 g/mol. The van der Waals surface area contributed by atoms with E-state index in [-0.39, 0.29) is 5.41 Å². The average Bonchev–Trinajstić information content (AvgIpc) is 2.74. The van der Waals surface area contributed by atoms with Gasteiger partial charge in [0, 0.05) is 17.3 Å². The molecule has 0 aromatic heterocycles. The first-order valence-corrected chi connectivity index (χ1v) is 8.41. The molecule has 1 aromatic rings. The molecule has 1 nitrogen and oxygen atoms in total. The lowest BCUT2D eigenvalue weighted by Gasteiger charge is -2.24. The van der Waals surface area contributed by atoms with Crippen molar-refractivity contribution in [2.45, 2.75) is 63.8 Å². The standard InChI is InChI=1S/C17H27NS/c1-12(18-16-10-11-19-13(16)2)14-6-8-15(9-7-14)17(3,4)5/h6-9,12-13,16,18H,10-11H2,1-5H3. The molecule has 0 spiro atoms. The van der Waals surface area contributed by atoms with Gasteiger partial charge in [-0.05, 0) is 35.6 Å². The zero-order chi connectivity index (χ0) is 14.0. The minimum Gasteiger partial charge on any atom is -0.306 e. The van der Waals surface area contributed by atoms with Crippen LogP contribution in [0.3, 0.4) is 0 Å². The first-order valence-electron chi connectivity index (χ1n) is 7.36. The van der Waals surface area contributed by atoms with Gasteiger partial charge in [0.25, 0.3) is 0 Å². The quantitative estimate of drug-likeness (QED) is 0.871. The molecule has 1 N–H and O–H groups in total. The van der Waals surface area contributed by atoms with Crippen LogP contribution < -0.4 is 5.32 Å². The summed E-state index contributed by atoms with van der Waals surface area (Å²) in [5, 5.41) is 4.53. The van der Waals surface area contributed by atoms with E-state index in [0.29, 0.717) is 12.1 Å². The van der Waals surface area contributed by atoms with Crippen LogP contribution >= 0.6 is 11.8 Å². The molecular weight excluding hydrogens is 250 g/mol.